The van der Waals surface area contributed by atoms with Crippen LogP contribution in [-0.4, -0.2) is 32.5 Å². The van der Waals surface area contributed by atoms with Crippen LogP contribution in [0.1, 0.15) is 5.69 Å². The molecule has 4 rings (SSSR count). The summed E-state index contributed by atoms with van der Waals surface area (Å²) in [5.41, 5.74) is 5.43. The third-order valence-corrected chi connectivity index (χ3v) is 4.95. The van der Waals surface area contributed by atoms with E-state index >= 15 is 0 Å². The van der Waals surface area contributed by atoms with Gasteiger partial charge in [-0.15, -0.1) is 0 Å². The van der Waals surface area contributed by atoms with E-state index < -0.39 is 0 Å². The number of pyridine rings is 3. The van der Waals surface area contributed by atoms with E-state index in [1.165, 1.54) is 11.0 Å². The van der Waals surface area contributed by atoms with Crippen molar-refractivity contribution in [2.75, 3.05) is 11.9 Å². The number of carbonyl (C=O) groups is 1. The minimum atomic E-state index is -0.209. The van der Waals surface area contributed by atoms with E-state index in [1.54, 1.807) is 37.9 Å². The highest BCUT2D eigenvalue weighted by molar-refractivity contribution is 6.01. The van der Waals surface area contributed by atoms with Crippen LogP contribution in [0.5, 0.6) is 0 Å². The first-order valence-corrected chi connectivity index (χ1v) is 9.19. The first kappa shape index (κ1) is 19.0. The molecule has 0 aliphatic heterocycles. The Balaban J connectivity index is 1.84. The van der Waals surface area contributed by atoms with Gasteiger partial charge >= 0.3 is 0 Å². The average molecular weight is 394 g/mol. The summed E-state index contributed by atoms with van der Waals surface area (Å²) in [5, 5.41) is 10.1. The highest BCUT2D eigenvalue weighted by atomic mass is 16.2. The fourth-order valence-electron chi connectivity index (χ4n) is 3.34. The largest absolute Gasteiger partial charge is 0.335 e. The number of anilines is 1. The zero-order valence-electron chi connectivity index (χ0n) is 16.6. The van der Waals surface area contributed by atoms with Crippen molar-refractivity contribution in [2.24, 2.45) is 7.05 Å². The number of carbonyl (C=O) groups excluding carboxylic acids is 1. The SMILES string of the molecule is C=CC(=O)N(C)c1cncc(-c2cnc3c(c2)c(-c2ccnc(C#N)c2)cn3C)c1. The van der Waals surface area contributed by atoms with E-state index in [2.05, 4.69) is 27.6 Å². The van der Waals surface area contributed by atoms with Crippen molar-refractivity contribution in [3.05, 3.63) is 73.6 Å². The van der Waals surface area contributed by atoms with Crippen molar-refractivity contribution < 1.29 is 4.79 Å². The van der Waals surface area contributed by atoms with Crippen LogP contribution >= 0.6 is 0 Å². The van der Waals surface area contributed by atoms with Gasteiger partial charge in [-0.05, 0) is 35.9 Å². The van der Waals surface area contributed by atoms with Gasteiger partial charge in [0.25, 0.3) is 0 Å². The van der Waals surface area contributed by atoms with Crippen LogP contribution in [0.25, 0.3) is 33.3 Å². The Hall–Kier alpha value is -4.31. The molecule has 0 aromatic carbocycles. The predicted octanol–water partition coefficient (Wildman–Crippen LogP) is 3.72. The van der Waals surface area contributed by atoms with Gasteiger partial charge in [0.05, 0.1) is 11.9 Å². The molecule has 0 aliphatic rings. The molecule has 0 radical (unpaired) electrons. The fourth-order valence-corrected chi connectivity index (χ4v) is 3.34. The summed E-state index contributed by atoms with van der Waals surface area (Å²) in [6.45, 7) is 3.53. The van der Waals surface area contributed by atoms with Crippen LogP contribution in [-0.2, 0) is 11.8 Å². The zero-order valence-corrected chi connectivity index (χ0v) is 16.6. The highest BCUT2D eigenvalue weighted by Gasteiger charge is 2.14. The molecule has 0 bridgehead atoms. The molecule has 0 saturated heterocycles. The van der Waals surface area contributed by atoms with E-state index in [-0.39, 0.29) is 5.91 Å². The van der Waals surface area contributed by atoms with Gasteiger partial charge in [-0.1, -0.05) is 6.58 Å². The highest BCUT2D eigenvalue weighted by Crippen LogP contribution is 2.33. The van der Waals surface area contributed by atoms with Crippen LogP contribution in [0.15, 0.2) is 67.9 Å². The molecule has 0 spiro atoms. The molecule has 1 amide bonds. The summed E-state index contributed by atoms with van der Waals surface area (Å²) in [5.74, 6) is -0.209. The normalized spacial score (nSPS) is 10.6. The lowest BCUT2D eigenvalue weighted by Gasteiger charge is -2.15. The number of nitrogens with zero attached hydrogens (tertiary/aromatic N) is 6. The second-order valence-corrected chi connectivity index (χ2v) is 6.82. The Morgan fingerprint density at radius 3 is 2.73 bits per heavy atom. The molecule has 146 valence electrons. The zero-order chi connectivity index (χ0) is 21.3. The molecule has 0 fully saturated rings. The Kier molecular flexibility index (Phi) is 4.82. The first-order chi connectivity index (χ1) is 14.5. The maximum atomic E-state index is 11.9. The summed E-state index contributed by atoms with van der Waals surface area (Å²) in [6.07, 6.45) is 10.0. The summed E-state index contributed by atoms with van der Waals surface area (Å²) in [6, 6.07) is 9.65. The van der Waals surface area contributed by atoms with Gasteiger partial charge < -0.3 is 9.47 Å². The van der Waals surface area contributed by atoms with E-state index in [1.807, 2.05) is 36.0 Å². The minimum absolute atomic E-state index is 0.209. The topological polar surface area (TPSA) is 87.7 Å². The van der Waals surface area contributed by atoms with Gasteiger partial charge in [0.1, 0.15) is 17.4 Å². The first-order valence-electron chi connectivity index (χ1n) is 9.19. The maximum Gasteiger partial charge on any atom is 0.250 e. The fraction of sp³-hybridized carbons (Fsp3) is 0.0870. The number of rotatable bonds is 4. The van der Waals surface area contributed by atoms with Crippen LogP contribution < -0.4 is 4.90 Å². The predicted molar refractivity (Wildman–Crippen MR) is 115 cm³/mol. The molecular formula is C23H18N6O. The number of amides is 1. The molecule has 0 N–H and O–H groups in total. The van der Waals surface area contributed by atoms with E-state index in [0.29, 0.717) is 11.4 Å². The average Bonchev–Trinajstić information content (AvgIpc) is 3.14. The lowest BCUT2D eigenvalue weighted by molar-refractivity contribution is -0.113. The monoisotopic (exact) mass is 394 g/mol. The second-order valence-electron chi connectivity index (χ2n) is 6.82. The Morgan fingerprint density at radius 1 is 1.17 bits per heavy atom. The van der Waals surface area contributed by atoms with E-state index in [9.17, 15) is 10.1 Å². The van der Waals surface area contributed by atoms with Crippen molar-refractivity contribution >= 4 is 22.6 Å². The molecule has 4 heterocycles. The van der Waals surface area contributed by atoms with Gasteiger partial charge in [0.15, 0.2) is 0 Å². The van der Waals surface area contributed by atoms with E-state index in [0.717, 1.165) is 33.3 Å². The number of aryl methyl sites for hydroxylation is 1. The summed E-state index contributed by atoms with van der Waals surface area (Å²) in [4.78, 5) is 26.4. The summed E-state index contributed by atoms with van der Waals surface area (Å²) < 4.78 is 1.95. The number of nitriles is 1. The van der Waals surface area contributed by atoms with Crippen molar-refractivity contribution in [3.63, 3.8) is 0 Å². The molecule has 0 aliphatic carbocycles. The quantitative estimate of drug-likeness (QED) is 0.492. The van der Waals surface area contributed by atoms with Crippen LogP contribution in [0.4, 0.5) is 5.69 Å². The molecule has 0 unspecified atom stereocenters. The van der Waals surface area contributed by atoms with Crippen LogP contribution in [0.2, 0.25) is 0 Å². The number of likely N-dealkylation sites (N-methyl/N-ethyl adjacent to an activating group) is 1. The maximum absolute atomic E-state index is 11.9. The van der Waals surface area contributed by atoms with Gasteiger partial charge in [0.2, 0.25) is 5.91 Å². The van der Waals surface area contributed by atoms with Gasteiger partial charge in [-0.2, -0.15) is 5.26 Å². The molecule has 7 heteroatoms. The van der Waals surface area contributed by atoms with Crippen molar-refractivity contribution in [2.45, 2.75) is 0 Å². The van der Waals surface area contributed by atoms with Gasteiger partial charge in [-0.3, -0.25) is 9.78 Å². The van der Waals surface area contributed by atoms with Crippen molar-refractivity contribution in [1.29, 1.82) is 5.26 Å². The molecule has 0 atom stereocenters. The van der Waals surface area contributed by atoms with Crippen molar-refractivity contribution in [1.82, 2.24) is 19.5 Å². The molecule has 4 aromatic rings. The lowest BCUT2D eigenvalue weighted by atomic mass is 10.0. The van der Waals surface area contributed by atoms with Crippen LogP contribution in [0, 0.1) is 11.3 Å². The van der Waals surface area contributed by atoms with Gasteiger partial charge in [-0.25, -0.2) is 9.97 Å². The number of aromatic nitrogens is 4. The molecule has 7 nitrogen and oxygen atoms in total. The number of hydrogen-bond acceptors (Lipinski definition) is 5. The third kappa shape index (κ3) is 3.31. The lowest BCUT2D eigenvalue weighted by Crippen LogP contribution is -2.23. The van der Waals surface area contributed by atoms with Crippen LogP contribution in [0.3, 0.4) is 0 Å². The smallest absolute Gasteiger partial charge is 0.250 e. The number of fused-ring (bicyclic) bond motifs is 1. The Labute approximate surface area is 173 Å². The Bertz CT molecular complexity index is 1330. The second kappa shape index (κ2) is 7.60. The summed E-state index contributed by atoms with van der Waals surface area (Å²) in [7, 11) is 3.61. The van der Waals surface area contributed by atoms with E-state index in [4.69, 9.17) is 0 Å². The summed E-state index contributed by atoms with van der Waals surface area (Å²) >= 11 is 0. The molecular weight excluding hydrogens is 376 g/mol. The standard InChI is InChI=1S/C23H18N6O/c1-4-22(30)29(3)19-8-16(11-25-13-19)17-9-20-21(14-28(2)23(20)27-12-17)15-5-6-26-18(7-15)10-24/h4-9,11-14H,1H2,2-3H3. The number of hydrogen-bond donors (Lipinski definition) is 0. The molecule has 4 aromatic heterocycles. The third-order valence-electron chi connectivity index (χ3n) is 4.95. The van der Waals surface area contributed by atoms with Crippen molar-refractivity contribution in [3.8, 4) is 28.3 Å². The molecule has 0 saturated carbocycles. The Morgan fingerprint density at radius 2 is 1.97 bits per heavy atom. The minimum Gasteiger partial charge on any atom is -0.335 e. The van der Waals surface area contributed by atoms with Gasteiger partial charge in [0, 0.05) is 61.0 Å². The molecule has 30 heavy (non-hydrogen) atoms.